The number of hydrogen-bond donors (Lipinski definition) is 4. The molecule has 0 radical (unpaired) electrons. The van der Waals surface area contributed by atoms with Crippen molar-refractivity contribution in [2.45, 2.75) is 45.1 Å². The predicted octanol–water partition coefficient (Wildman–Crippen LogP) is 3.30. The molecule has 7 nitrogen and oxygen atoms in total. The van der Waals surface area contributed by atoms with E-state index in [-0.39, 0.29) is 18.2 Å². The lowest BCUT2D eigenvalue weighted by Crippen LogP contribution is -2.35. The third-order valence-corrected chi connectivity index (χ3v) is 3.98. The fraction of sp³-hybridized carbons (Fsp3) is 0.556. The van der Waals surface area contributed by atoms with Gasteiger partial charge in [-0.25, -0.2) is 9.59 Å². The molecule has 7 heteroatoms. The Hall–Kier alpha value is -2.28. The molecule has 1 saturated heterocycles. The number of ether oxygens (including phenoxy) is 1. The fourth-order valence-corrected chi connectivity index (χ4v) is 2.58. The van der Waals surface area contributed by atoms with E-state index >= 15 is 0 Å². The van der Waals surface area contributed by atoms with Gasteiger partial charge in [-0.15, -0.1) is 0 Å². The van der Waals surface area contributed by atoms with Crippen LogP contribution >= 0.6 is 0 Å². The van der Waals surface area contributed by atoms with Gasteiger partial charge in [0.25, 0.3) is 0 Å². The molecule has 0 aliphatic carbocycles. The lowest BCUT2D eigenvalue weighted by molar-refractivity contribution is 0.112. The average molecular weight is 348 g/mol. The van der Waals surface area contributed by atoms with Crippen LogP contribution in [0.4, 0.5) is 21.0 Å². The molecule has 1 aliphatic rings. The molecule has 1 aliphatic heterocycles. The van der Waals surface area contributed by atoms with E-state index in [1.165, 1.54) is 0 Å². The number of carbonyl (C=O) groups excluding carboxylic acids is 2. The first-order chi connectivity index (χ1) is 12.2. The van der Waals surface area contributed by atoms with Crippen molar-refractivity contribution >= 4 is 23.4 Å². The van der Waals surface area contributed by atoms with Gasteiger partial charge in [-0.2, -0.15) is 0 Å². The van der Waals surface area contributed by atoms with Crippen LogP contribution in [-0.2, 0) is 4.74 Å². The number of rotatable bonds is 8. The van der Waals surface area contributed by atoms with Crippen molar-refractivity contribution in [1.82, 2.24) is 10.6 Å². The summed E-state index contributed by atoms with van der Waals surface area (Å²) in [6.07, 6.45) is 5.37. The zero-order valence-electron chi connectivity index (χ0n) is 14.8. The molecule has 0 spiro atoms. The summed E-state index contributed by atoms with van der Waals surface area (Å²) >= 11 is 0. The molecular formula is C18H28N4O3. The topological polar surface area (TPSA) is 91.5 Å². The maximum atomic E-state index is 11.8. The molecule has 2 rings (SSSR count). The maximum Gasteiger partial charge on any atom is 0.319 e. The number of hydrogen-bond acceptors (Lipinski definition) is 3. The van der Waals surface area contributed by atoms with E-state index in [1.54, 1.807) is 24.3 Å². The number of unbranched alkanes of at least 4 members (excludes halogenated alkanes) is 2. The van der Waals surface area contributed by atoms with Gasteiger partial charge in [0, 0.05) is 31.1 Å². The Bertz CT molecular complexity index is 542. The lowest BCUT2D eigenvalue weighted by Gasteiger charge is -2.12. The van der Waals surface area contributed by atoms with Crippen molar-refractivity contribution in [3.8, 4) is 0 Å². The Morgan fingerprint density at radius 1 is 1.04 bits per heavy atom. The van der Waals surface area contributed by atoms with Crippen LogP contribution in [0.5, 0.6) is 0 Å². The minimum atomic E-state index is -0.259. The van der Waals surface area contributed by atoms with Gasteiger partial charge in [-0.3, -0.25) is 0 Å². The average Bonchev–Trinajstić information content (AvgIpc) is 3.12. The highest BCUT2D eigenvalue weighted by molar-refractivity contribution is 5.91. The molecule has 1 aromatic rings. The molecule has 25 heavy (non-hydrogen) atoms. The summed E-state index contributed by atoms with van der Waals surface area (Å²) in [7, 11) is 0. The van der Waals surface area contributed by atoms with Gasteiger partial charge >= 0.3 is 12.1 Å². The standard InChI is InChI=1S/C18H28N4O3/c1-2-3-4-11-19-17(23)21-14-7-9-15(10-8-14)22-18(24)20-13-16-6-5-12-25-16/h7-10,16H,2-6,11-13H2,1H3,(H2,19,21,23)(H2,20,22,24). The third-order valence-electron chi connectivity index (χ3n) is 3.98. The third kappa shape index (κ3) is 7.43. The Balaban J connectivity index is 1.67. The molecule has 1 heterocycles. The van der Waals surface area contributed by atoms with Crippen LogP contribution in [0, 0.1) is 0 Å². The quantitative estimate of drug-likeness (QED) is 0.543. The molecular weight excluding hydrogens is 320 g/mol. The fourth-order valence-electron chi connectivity index (χ4n) is 2.58. The van der Waals surface area contributed by atoms with Crippen molar-refractivity contribution in [1.29, 1.82) is 0 Å². The first-order valence-corrected chi connectivity index (χ1v) is 8.98. The van der Waals surface area contributed by atoms with E-state index in [0.717, 1.165) is 38.7 Å². The SMILES string of the molecule is CCCCCNC(=O)Nc1ccc(NC(=O)NCC2CCCO2)cc1. The number of benzene rings is 1. The summed E-state index contributed by atoms with van der Waals surface area (Å²) < 4.78 is 5.46. The largest absolute Gasteiger partial charge is 0.376 e. The van der Waals surface area contributed by atoms with Crippen LogP contribution in [-0.4, -0.2) is 37.9 Å². The van der Waals surface area contributed by atoms with Gasteiger partial charge in [0.15, 0.2) is 0 Å². The maximum absolute atomic E-state index is 11.8. The van der Waals surface area contributed by atoms with Gasteiger partial charge in [0.1, 0.15) is 0 Å². The molecule has 4 N–H and O–H groups in total. The van der Waals surface area contributed by atoms with Crippen molar-refractivity contribution in [3.63, 3.8) is 0 Å². The van der Waals surface area contributed by atoms with Crippen LogP contribution in [0.15, 0.2) is 24.3 Å². The van der Waals surface area contributed by atoms with Crippen LogP contribution in [0.3, 0.4) is 0 Å². The highest BCUT2D eigenvalue weighted by Gasteiger charge is 2.16. The van der Waals surface area contributed by atoms with E-state index < -0.39 is 0 Å². The number of amides is 4. The van der Waals surface area contributed by atoms with Gasteiger partial charge in [-0.05, 0) is 43.5 Å². The number of carbonyl (C=O) groups is 2. The molecule has 4 amide bonds. The molecule has 1 atom stereocenters. The number of nitrogens with one attached hydrogen (secondary N) is 4. The molecule has 138 valence electrons. The van der Waals surface area contributed by atoms with Crippen LogP contribution in [0.1, 0.15) is 39.0 Å². The van der Waals surface area contributed by atoms with Gasteiger partial charge in [0.05, 0.1) is 6.10 Å². The molecule has 1 fully saturated rings. The Morgan fingerprint density at radius 2 is 1.68 bits per heavy atom. The van der Waals surface area contributed by atoms with Crippen molar-refractivity contribution < 1.29 is 14.3 Å². The Labute approximate surface area is 148 Å². The lowest BCUT2D eigenvalue weighted by atomic mass is 10.2. The van der Waals surface area contributed by atoms with E-state index in [9.17, 15) is 9.59 Å². The molecule has 1 aromatic carbocycles. The summed E-state index contributed by atoms with van der Waals surface area (Å²) in [5, 5.41) is 11.1. The highest BCUT2D eigenvalue weighted by atomic mass is 16.5. The second-order valence-corrected chi connectivity index (χ2v) is 6.14. The number of urea groups is 2. The summed E-state index contributed by atoms with van der Waals surface area (Å²) in [6, 6.07) is 6.52. The smallest absolute Gasteiger partial charge is 0.319 e. The normalized spacial score (nSPS) is 16.3. The molecule has 0 aromatic heterocycles. The minimum Gasteiger partial charge on any atom is -0.376 e. The van der Waals surface area contributed by atoms with Crippen molar-refractivity contribution in [2.24, 2.45) is 0 Å². The van der Waals surface area contributed by atoms with Crippen LogP contribution < -0.4 is 21.3 Å². The number of anilines is 2. The zero-order chi connectivity index (χ0) is 17.9. The molecule has 0 bridgehead atoms. The van der Waals surface area contributed by atoms with Crippen LogP contribution in [0.25, 0.3) is 0 Å². The van der Waals surface area contributed by atoms with Gasteiger partial charge in [0.2, 0.25) is 0 Å². The molecule has 0 saturated carbocycles. The van der Waals surface area contributed by atoms with E-state index in [0.29, 0.717) is 24.5 Å². The summed E-state index contributed by atoms with van der Waals surface area (Å²) in [6.45, 7) is 4.08. The Morgan fingerprint density at radius 3 is 2.24 bits per heavy atom. The van der Waals surface area contributed by atoms with Gasteiger partial charge in [-0.1, -0.05) is 19.8 Å². The second-order valence-electron chi connectivity index (χ2n) is 6.14. The van der Waals surface area contributed by atoms with Crippen LogP contribution in [0.2, 0.25) is 0 Å². The van der Waals surface area contributed by atoms with Crippen molar-refractivity contribution in [2.75, 3.05) is 30.3 Å². The predicted molar refractivity (Wildman–Crippen MR) is 99.0 cm³/mol. The summed E-state index contributed by atoms with van der Waals surface area (Å²) in [5.41, 5.74) is 1.34. The highest BCUT2D eigenvalue weighted by Crippen LogP contribution is 2.14. The summed E-state index contributed by atoms with van der Waals surface area (Å²) in [5.74, 6) is 0. The summed E-state index contributed by atoms with van der Waals surface area (Å²) in [4.78, 5) is 23.6. The molecule has 1 unspecified atom stereocenters. The van der Waals surface area contributed by atoms with Gasteiger partial charge < -0.3 is 26.0 Å². The van der Waals surface area contributed by atoms with E-state index in [2.05, 4.69) is 28.2 Å². The van der Waals surface area contributed by atoms with Crippen molar-refractivity contribution in [3.05, 3.63) is 24.3 Å². The Kier molecular flexibility index (Phi) is 8.04. The second kappa shape index (κ2) is 10.6. The monoisotopic (exact) mass is 348 g/mol. The van der Waals surface area contributed by atoms with E-state index in [4.69, 9.17) is 4.74 Å². The van der Waals surface area contributed by atoms with E-state index in [1.807, 2.05) is 0 Å². The first kappa shape index (κ1) is 19.1. The first-order valence-electron chi connectivity index (χ1n) is 8.98. The zero-order valence-corrected chi connectivity index (χ0v) is 14.8. The minimum absolute atomic E-state index is 0.119.